The van der Waals surface area contributed by atoms with E-state index in [2.05, 4.69) is 16.4 Å². The van der Waals surface area contributed by atoms with Crippen LogP contribution in [0.25, 0.3) is 22.6 Å². The molecule has 1 amide bonds. The van der Waals surface area contributed by atoms with Crippen molar-refractivity contribution < 1.29 is 9.21 Å². The van der Waals surface area contributed by atoms with E-state index in [-0.39, 0.29) is 5.91 Å². The summed E-state index contributed by atoms with van der Waals surface area (Å²) in [6.07, 6.45) is 0. The van der Waals surface area contributed by atoms with E-state index in [0.29, 0.717) is 10.8 Å². The monoisotopic (exact) mass is 348 g/mol. The predicted molar refractivity (Wildman–Crippen MR) is 101 cm³/mol. The van der Waals surface area contributed by atoms with Crippen molar-refractivity contribution in [3.63, 3.8) is 0 Å². The number of anilines is 1. The molecule has 124 valence electrons. The Morgan fingerprint density at radius 2 is 1.92 bits per heavy atom. The summed E-state index contributed by atoms with van der Waals surface area (Å²) in [6, 6.07) is 15.3. The summed E-state index contributed by atoms with van der Waals surface area (Å²) in [4.78, 5) is 17.4. The predicted octanol–water partition coefficient (Wildman–Crippen LogP) is 5.43. The molecule has 0 saturated heterocycles. The molecule has 1 N–H and O–H groups in total. The molecule has 0 bridgehead atoms. The van der Waals surface area contributed by atoms with Crippen LogP contribution in [0, 0.1) is 13.8 Å². The van der Waals surface area contributed by atoms with Crippen molar-refractivity contribution in [2.75, 3.05) is 5.32 Å². The third kappa shape index (κ3) is 3.06. The van der Waals surface area contributed by atoms with Gasteiger partial charge in [0.05, 0.1) is 4.88 Å². The molecule has 5 heteroatoms. The molecule has 0 aliphatic heterocycles. The van der Waals surface area contributed by atoms with Gasteiger partial charge in [-0.2, -0.15) is 0 Å². The van der Waals surface area contributed by atoms with Gasteiger partial charge in [0.15, 0.2) is 5.58 Å². The van der Waals surface area contributed by atoms with Crippen LogP contribution in [0.15, 0.2) is 58.3 Å². The van der Waals surface area contributed by atoms with Gasteiger partial charge >= 0.3 is 0 Å². The Balaban J connectivity index is 1.60. The topological polar surface area (TPSA) is 55.1 Å². The second-order valence-electron chi connectivity index (χ2n) is 5.96. The minimum absolute atomic E-state index is 0.101. The standard InChI is InChI=1S/C20H16N2O2S/c1-12-10-13(2)18-16(11-12)22-20(24-18)14-5-7-15(8-6-14)21-19(23)17-4-3-9-25-17/h3-11H,1-2H3,(H,21,23). The number of nitrogens with zero attached hydrogens (tertiary/aromatic N) is 1. The van der Waals surface area contributed by atoms with Crippen LogP contribution in [0.5, 0.6) is 0 Å². The molecular weight excluding hydrogens is 332 g/mol. The average molecular weight is 348 g/mol. The largest absolute Gasteiger partial charge is 0.436 e. The zero-order chi connectivity index (χ0) is 17.4. The van der Waals surface area contributed by atoms with E-state index in [9.17, 15) is 4.79 Å². The van der Waals surface area contributed by atoms with E-state index in [1.165, 1.54) is 11.3 Å². The van der Waals surface area contributed by atoms with Gasteiger partial charge in [0, 0.05) is 11.3 Å². The van der Waals surface area contributed by atoms with Gasteiger partial charge in [-0.15, -0.1) is 11.3 Å². The average Bonchev–Trinajstić information content (AvgIpc) is 3.25. The number of oxazole rings is 1. The molecule has 0 fully saturated rings. The highest BCUT2D eigenvalue weighted by molar-refractivity contribution is 7.12. The van der Waals surface area contributed by atoms with E-state index < -0.39 is 0 Å². The Labute approximate surface area is 149 Å². The molecule has 4 aromatic rings. The van der Waals surface area contributed by atoms with Crippen molar-refractivity contribution in [2.24, 2.45) is 0 Å². The van der Waals surface area contributed by atoms with Gasteiger partial charge in [0.2, 0.25) is 5.89 Å². The first-order valence-electron chi connectivity index (χ1n) is 7.93. The van der Waals surface area contributed by atoms with Gasteiger partial charge in [-0.1, -0.05) is 12.1 Å². The summed E-state index contributed by atoms with van der Waals surface area (Å²) in [5.74, 6) is 0.482. The van der Waals surface area contributed by atoms with Crippen molar-refractivity contribution >= 4 is 34.0 Å². The first-order valence-corrected chi connectivity index (χ1v) is 8.81. The number of aryl methyl sites for hydroxylation is 2. The number of fused-ring (bicyclic) bond motifs is 1. The second kappa shape index (κ2) is 6.18. The summed E-state index contributed by atoms with van der Waals surface area (Å²) in [5, 5.41) is 4.77. The van der Waals surface area contributed by atoms with Crippen molar-refractivity contribution in [1.82, 2.24) is 4.98 Å². The molecule has 0 aliphatic carbocycles. The molecule has 25 heavy (non-hydrogen) atoms. The van der Waals surface area contributed by atoms with Crippen LogP contribution in [-0.2, 0) is 0 Å². The summed E-state index contributed by atoms with van der Waals surface area (Å²) in [6.45, 7) is 4.07. The number of hydrogen-bond acceptors (Lipinski definition) is 4. The molecule has 2 aromatic carbocycles. The zero-order valence-corrected chi connectivity index (χ0v) is 14.7. The molecule has 2 heterocycles. The minimum Gasteiger partial charge on any atom is -0.436 e. The van der Waals surface area contributed by atoms with E-state index >= 15 is 0 Å². The van der Waals surface area contributed by atoms with Gasteiger partial charge in [0.1, 0.15) is 5.52 Å². The summed E-state index contributed by atoms with van der Waals surface area (Å²) in [5.41, 5.74) is 5.54. The lowest BCUT2D eigenvalue weighted by atomic mass is 10.1. The van der Waals surface area contributed by atoms with Crippen LogP contribution < -0.4 is 5.32 Å². The minimum atomic E-state index is -0.101. The lowest BCUT2D eigenvalue weighted by molar-refractivity contribution is 0.103. The lowest BCUT2D eigenvalue weighted by Gasteiger charge is -2.04. The molecule has 0 unspecified atom stereocenters. The number of hydrogen-bond donors (Lipinski definition) is 1. The van der Waals surface area contributed by atoms with Crippen LogP contribution in [0.3, 0.4) is 0 Å². The molecule has 4 rings (SSSR count). The number of amides is 1. The molecule has 0 radical (unpaired) electrons. The van der Waals surface area contributed by atoms with Crippen molar-refractivity contribution in [1.29, 1.82) is 0 Å². The number of carbonyl (C=O) groups is 1. The van der Waals surface area contributed by atoms with Gasteiger partial charge in [-0.3, -0.25) is 4.79 Å². The Bertz CT molecular complexity index is 1050. The number of nitrogens with one attached hydrogen (secondary N) is 1. The molecule has 0 aliphatic rings. The highest BCUT2D eigenvalue weighted by Gasteiger charge is 2.11. The van der Waals surface area contributed by atoms with Gasteiger partial charge in [-0.25, -0.2) is 4.98 Å². The molecule has 0 atom stereocenters. The summed E-state index contributed by atoms with van der Waals surface area (Å²) < 4.78 is 5.92. The van der Waals surface area contributed by atoms with E-state index in [1.807, 2.05) is 55.6 Å². The fourth-order valence-electron chi connectivity index (χ4n) is 2.80. The highest BCUT2D eigenvalue weighted by Crippen LogP contribution is 2.28. The van der Waals surface area contributed by atoms with E-state index in [4.69, 9.17) is 4.42 Å². The fraction of sp³-hybridized carbons (Fsp3) is 0.100. The van der Waals surface area contributed by atoms with Crippen LogP contribution in [0.2, 0.25) is 0 Å². The van der Waals surface area contributed by atoms with Gasteiger partial charge < -0.3 is 9.73 Å². The number of aromatic nitrogens is 1. The van der Waals surface area contributed by atoms with Crippen LogP contribution >= 0.6 is 11.3 Å². The van der Waals surface area contributed by atoms with Gasteiger partial charge in [-0.05, 0) is 66.8 Å². The maximum atomic E-state index is 12.1. The Hall–Kier alpha value is -2.92. The zero-order valence-electron chi connectivity index (χ0n) is 13.9. The summed E-state index contributed by atoms with van der Waals surface area (Å²) in [7, 11) is 0. The highest BCUT2D eigenvalue weighted by atomic mass is 32.1. The Morgan fingerprint density at radius 3 is 2.64 bits per heavy atom. The third-order valence-corrected chi connectivity index (χ3v) is 4.82. The maximum absolute atomic E-state index is 12.1. The molecule has 0 saturated carbocycles. The van der Waals surface area contributed by atoms with E-state index in [1.54, 1.807) is 6.07 Å². The fourth-order valence-corrected chi connectivity index (χ4v) is 3.42. The van der Waals surface area contributed by atoms with Crippen molar-refractivity contribution in [3.05, 3.63) is 69.9 Å². The first kappa shape index (κ1) is 15.6. The van der Waals surface area contributed by atoms with Crippen LogP contribution in [0.4, 0.5) is 5.69 Å². The number of rotatable bonds is 3. The number of thiophene rings is 1. The van der Waals surface area contributed by atoms with Crippen molar-refractivity contribution in [2.45, 2.75) is 13.8 Å². The number of benzene rings is 2. The summed E-state index contributed by atoms with van der Waals surface area (Å²) >= 11 is 1.42. The van der Waals surface area contributed by atoms with Crippen LogP contribution in [-0.4, -0.2) is 10.9 Å². The third-order valence-electron chi connectivity index (χ3n) is 3.95. The quantitative estimate of drug-likeness (QED) is 0.537. The van der Waals surface area contributed by atoms with E-state index in [0.717, 1.165) is 33.5 Å². The smallest absolute Gasteiger partial charge is 0.265 e. The first-order chi connectivity index (χ1) is 12.1. The van der Waals surface area contributed by atoms with Gasteiger partial charge in [0.25, 0.3) is 5.91 Å². The van der Waals surface area contributed by atoms with Crippen LogP contribution in [0.1, 0.15) is 20.8 Å². The normalized spacial score (nSPS) is 11.0. The lowest BCUT2D eigenvalue weighted by Crippen LogP contribution is -2.09. The maximum Gasteiger partial charge on any atom is 0.265 e. The second-order valence-corrected chi connectivity index (χ2v) is 6.91. The van der Waals surface area contributed by atoms with Crippen molar-refractivity contribution in [3.8, 4) is 11.5 Å². The molecule has 4 nitrogen and oxygen atoms in total. The Kier molecular flexibility index (Phi) is 3.86. The Morgan fingerprint density at radius 1 is 1.12 bits per heavy atom. The SMILES string of the molecule is Cc1cc(C)c2oc(-c3ccc(NC(=O)c4cccs4)cc3)nc2c1. The molecular formula is C20H16N2O2S. The molecule has 0 spiro atoms. The molecule has 2 aromatic heterocycles. The number of carbonyl (C=O) groups excluding carboxylic acids is 1.